The zero-order chi connectivity index (χ0) is 14.8. The minimum Gasteiger partial charge on any atom is -0.444 e. The number of carbonyl (C=O) groups is 2. The minimum atomic E-state index is -0.500. The predicted molar refractivity (Wildman–Crippen MR) is 72.3 cm³/mol. The van der Waals surface area contributed by atoms with Gasteiger partial charge >= 0.3 is 6.09 Å². The molecule has 110 valence electrons. The van der Waals surface area contributed by atoms with Crippen LogP contribution in [0.5, 0.6) is 0 Å². The lowest BCUT2D eigenvalue weighted by Crippen LogP contribution is -2.51. The molecule has 1 aromatic rings. The van der Waals surface area contributed by atoms with E-state index in [1.807, 2.05) is 20.8 Å². The number of nitrogens with one attached hydrogen (secondary N) is 1. The van der Waals surface area contributed by atoms with Crippen molar-refractivity contribution in [3.05, 3.63) is 18.0 Å². The fourth-order valence-corrected chi connectivity index (χ4v) is 1.96. The summed E-state index contributed by atoms with van der Waals surface area (Å²) in [5.41, 5.74) is -0.0318. The van der Waals surface area contributed by atoms with Gasteiger partial charge in [-0.15, -0.1) is 0 Å². The van der Waals surface area contributed by atoms with Crippen molar-refractivity contribution in [2.45, 2.75) is 26.4 Å². The van der Waals surface area contributed by atoms with Gasteiger partial charge in [-0.1, -0.05) is 0 Å². The minimum absolute atomic E-state index is 0.0914. The van der Waals surface area contributed by atoms with Crippen molar-refractivity contribution >= 4 is 12.0 Å². The van der Waals surface area contributed by atoms with Gasteiger partial charge in [-0.05, 0) is 26.8 Å². The quantitative estimate of drug-likeness (QED) is 0.835. The van der Waals surface area contributed by atoms with E-state index in [1.54, 1.807) is 22.1 Å². The molecule has 7 heteroatoms. The molecule has 0 aromatic carbocycles. The van der Waals surface area contributed by atoms with Gasteiger partial charge in [0.2, 0.25) is 0 Å². The number of aromatic nitrogens is 2. The number of amides is 2. The molecule has 0 atom stereocenters. The lowest BCUT2D eigenvalue weighted by Gasteiger charge is -2.35. The van der Waals surface area contributed by atoms with Crippen molar-refractivity contribution in [2.24, 2.45) is 0 Å². The molecule has 2 heterocycles. The van der Waals surface area contributed by atoms with Gasteiger partial charge in [0, 0.05) is 32.4 Å². The largest absolute Gasteiger partial charge is 0.444 e. The third-order valence-corrected chi connectivity index (χ3v) is 2.95. The number of aromatic amines is 1. The van der Waals surface area contributed by atoms with Gasteiger partial charge in [-0.3, -0.25) is 9.89 Å². The van der Waals surface area contributed by atoms with E-state index < -0.39 is 5.60 Å². The normalized spacial score (nSPS) is 16.1. The summed E-state index contributed by atoms with van der Waals surface area (Å²) in [6.45, 7) is 7.46. The van der Waals surface area contributed by atoms with Gasteiger partial charge in [0.05, 0.1) is 0 Å². The van der Waals surface area contributed by atoms with Gasteiger partial charge in [-0.2, -0.15) is 5.10 Å². The molecule has 1 aromatic heterocycles. The highest BCUT2D eigenvalue weighted by molar-refractivity contribution is 5.92. The summed E-state index contributed by atoms with van der Waals surface area (Å²) in [6.07, 6.45) is 1.22. The Morgan fingerprint density at radius 3 is 2.30 bits per heavy atom. The van der Waals surface area contributed by atoms with Crippen LogP contribution in [-0.4, -0.2) is 63.8 Å². The van der Waals surface area contributed by atoms with E-state index in [2.05, 4.69) is 10.2 Å². The number of rotatable bonds is 1. The van der Waals surface area contributed by atoms with E-state index in [4.69, 9.17) is 4.74 Å². The Hall–Kier alpha value is -2.05. The monoisotopic (exact) mass is 280 g/mol. The summed E-state index contributed by atoms with van der Waals surface area (Å²) in [5, 5.41) is 6.42. The summed E-state index contributed by atoms with van der Waals surface area (Å²) < 4.78 is 5.31. The first-order chi connectivity index (χ1) is 9.37. The van der Waals surface area contributed by atoms with Crippen molar-refractivity contribution in [3.63, 3.8) is 0 Å². The summed E-state index contributed by atoms with van der Waals surface area (Å²) in [4.78, 5) is 27.3. The Bertz CT molecular complexity index is 470. The number of ether oxygens (including phenoxy) is 1. The smallest absolute Gasteiger partial charge is 0.410 e. The number of H-pyrrole nitrogens is 1. The molecule has 0 spiro atoms. The van der Waals surface area contributed by atoms with E-state index in [0.29, 0.717) is 31.9 Å². The Labute approximate surface area is 117 Å². The highest BCUT2D eigenvalue weighted by Gasteiger charge is 2.28. The van der Waals surface area contributed by atoms with Crippen LogP contribution in [0.25, 0.3) is 0 Å². The van der Waals surface area contributed by atoms with Crippen LogP contribution in [0.4, 0.5) is 4.79 Å². The third kappa shape index (κ3) is 3.49. The molecule has 2 amide bonds. The van der Waals surface area contributed by atoms with Gasteiger partial charge in [-0.25, -0.2) is 4.79 Å². The van der Waals surface area contributed by atoms with Crippen LogP contribution in [0.1, 0.15) is 31.3 Å². The molecular formula is C13H20N4O3. The summed E-state index contributed by atoms with van der Waals surface area (Å²) >= 11 is 0. The average Bonchev–Trinajstić information content (AvgIpc) is 2.90. The Kier molecular flexibility index (Phi) is 3.96. The Balaban J connectivity index is 1.86. The summed E-state index contributed by atoms with van der Waals surface area (Å²) in [5.74, 6) is -0.0914. The number of carbonyl (C=O) groups excluding carboxylic acids is 2. The van der Waals surface area contributed by atoms with Crippen molar-refractivity contribution < 1.29 is 14.3 Å². The molecule has 2 rings (SSSR count). The van der Waals surface area contributed by atoms with Crippen LogP contribution in [0.15, 0.2) is 12.3 Å². The first-order valence-corrected chi connectivity index (χ1v) is 6.63. The third-order valence-electron chi connectivity index (χ3n) is 2.95. The zero-order valence-electron chi connectivity index (χ0n) is 12.0. The fourth-order valence-electron chi connectivity index (χ4n) is 1.96. The van der Waals surface area contributed by atoms with Gasteiger partial charge in [0.1, 0.15) is 11.3 Å². The molecule has 1 aliphatic heterocycles. The van der Waals surface area contributed by atoms with Crippen LogP contribution in [0.2, 0.25) is 0 Å². The molecule has 1 N–H and O–H groups in total. The zero-order valence-corrected chi connectivity index (χ0v) is 12.0. The van der Waals surface area contributed by atoms with Gasteiger partial charge in [0.15, 0.2) is 0 Å². The molecule has 20 heavy (non-hydrogen) atoms. The van der Waals surface area contributed by atoms with E-state index in [1.165, 1.54) is 0 Å². The van der Waals surface area contributed by atoms with E-state index >= 15 is 0 Å². The first-order valence-electron chi connectivity index (χ1n) is 6.63. The van der Waals surface area contributed by atoms with Crippen LogP contribution >= 0.6 is 0 Å². The van der Waals surface area contributed by atoms with Crippen LogP contribution < -0.4 is 0 Å². The predicted octanol–water partition coefficient (Wildman–Crippen LogP) is 1.10. The molecule has 1 fully saturated rings. The molecule has 1 aliphatic rings. The second-order valence-electron chi connectivity index (χ2n) is 5.73. The van der Waals surface area contributed by atoms with E-state index in [-0.39, 0.29) is 12.0 Å². The lowest BCUT2D eigenvalue weighted by atomic mass is 10.2. The molecule has 1 saturated heterocycles. The highest BCUT2D eigenvalue weighted by atomic mass is 16.6. The second kappa shape index (κ2) is 5.52. The lowest BCUT2D eigenvalue weighted by molar-refractivity contribution is 0.0140. The highest BCUT2D eigenvalue weighted by Crippen LogP contribution is 2.12. The molecule has 0 unspecified atom stereocenters. The molecule has 7 nitrogen and oxygen atoms in total. The topological polar surface area (TPSA) is 78.5 Å². The maximum atomic E-state index is 12.1. The van der Waals surface area contributed by atoms with Crippen molar-refractivity contribution in [1.29, 1.82) is 0 Å². The van der Waals surface area contributed by atoms with Crippen LogP contribution in [-0.2, 0) is 4.74 Å². The maximum Gasteiger partial charge on any atom is 0.410 e. The Morgan fingerprint density at radius 2 is 1.80 bits per heavy atom. The van der Waals surface area contributed by atoms with Gasteiger partial charge < -0.3 is 14.5 Å². The Morgan fingerprint density at radius 1 is 1.20 bits per heavy atom. The van der Waals surface area contributed by atoms with E-state index in [0.717, 1.165) is 0 Å². The molecular weight excluding hydrogens is 260 g/mol. The van der Waals surface area contributed by atoms with E-state index in [9.17, 15) is 9.59 Å². The van der Waals surface area contributed by atoms with Crippen LogP contribution in [0.3, 0.4) is 0 Å². The molecule has 0 radical (unpaired) electrons. The number of hydrogen-bond donors (Lipinski definition) is 1. The van der Waals surface area contributed by atoms with Gasteiger partial charge in [0.25, 0.3) is 5.91 Å². The van der Waals surface area contributed by atoms with Crippen molar-refractivity contribution in [3.8, 4) is 0 Å². The molecule has 0 saturated carbocycles. The first kappa shape index (κ1) is 14.4. The standard InChI is InChI=1S/C13H20N4O3/c1-13(2,3)20-12(19)17-8-6-16(7-9-17)11(18)10-4-5-14-15-10/h4-5H,6-9H2,1-3H3,(H,14,15). The van der Waals surface area contributed by atoms with Crippen molar-refractivity contribution in [2.75, 3.05) is 26.2 Å². The average molecular weight is 280 g/mol. The SMILES string of the molecule is CC(C)(C)OC(=O)N1CCN(C(=O)c2ccn[nH]2)CC1. The number of piperazine rings is 1. The van der Waals surface area contributed by atoms with Crippen LogP contribution in [0, 0.1) is 0 Å². The second-order valence-corrected chi connectivity index (χ2v) is 5.73. The molecule has 0 aliphatic carbocycles. The maximum absolute atomic E-state index is 12.1. The number of hydrogen-bond acceptors (Lipinski definition) is 4. The summed E-state index contributed by atoms with van der Waals surface area (Å²) in [6, 6.07) is 1.64. The number of nitrogens with zero attached hydrogens (tertiary/aromatic N) is 3. The van der Waals surface area contributed by atoms with Crippen molar-refractivity contribution in [1.82, 2.24) is 20.0 Å². The molecule has 0 bridgehead atoms. The fraction of sp³-hybridized carbons (Fsp3) is 0.615. The summed E-state index contributed by atoms with van der Waals surface area (Å²) in [7, 11) is 0.